The van der Waals surface area contributed by atoms with Gasteiger partial charge in [0.2, 0.25) is 0 Å². The molecule has 3 heteroatoms. The number of sulfone groups is 1. The van der Waals surface area contributed by atoms with Crippen molar-refractivity contribution in [1.82, 2.24) is 0 Å². The Morgan fingerprint density at radius 1 is 1.04 bits per heavy atom. The number of benzene rings is 1. The van der Waals surface area contributed by atoms with Gasteiger partial charge in [-0.1, -0.05) is 50.1 Å². The van der Waals surface area contributed by atoms with E-state index in [4.69, 9.17) is 0 Å². The van der Waals surface area contributed by atoms with Crippen LogP contribution < -0.4 is 10.4 Å². The van der Waals surface area contributed by atoms with Gasteiger partial charge < -0.3 is 0 Å². The van der Waals surface area contributed by atoms with Crippen LogP contribution in [0.1, 0.15) is 57.4 Å². The zero-order valence-corrected chi connectivity index (χ0v) is 17.8. The van der Waals surface area contributed by atoms with Crippen molar-refractivity contribution >= 4 is 21.5 Å². The molecule has 1 aromatic rings. The zero-order chi connectivity index (χ0) is 19.5. The Morgan fingerprint density at radius 3 is 2.57 bits per heavy atom. The molecule has 4 aliphatic rings. The molecular formula is C25H30O2S. The number of allylic oxidation sites excluding steroid dienone is 4. The first-order valence-electron chi connectivity index (χ1n) is 10.9. The van der Waals surface area contributed by atoms with Crippen LogP contribution in [0, 0.1) is 17.8 Å². The highest BCUT2D eigenvalue weighted by molar-refractivity contribution is 7.89. The van der Waals surface area contributed by atoms with E-state index in [1.165, 1.54) is 67.2 Å². The van der Waals surface area contributed by atoms with Gasteiger partial charge in [-0.3, -0.25) is 0 Å². The van der Waals surface area contributed by atoms with Gasteiger partial charge in [-0.05, 0) is 76.3 Å². The van der Waals surface area contributed by atoms with Gasteiger partial charge in [0.25, 0.3) is 0 Å². The molecule has 0 N–H and O–H groups in total. The largest absolute Gasteiger partial charge is 0.229 e. The molecule has 0 amide bonds. The van der Waals surface area contributed by atoms with Crippen molar-refractivity contribution in [2.45, 2.75) is 57.6 Å². The monoisotopic (exact) mass is 394 g/mol. The van der Waals surface area contributed by atoms with Gasteiger partial charge in [-0.25, -0.2) is 8.42 Å². The molecular weight excluding hydrogens is 364 g/mol. The summed E-state index contributed by atoms with van der Waals surface area (Å²) in [6.07, 6.45) is 15.4. The van der Waals surface area contributed by atoms with Crippen LogP contribution in [-0.4, -0.2) is 14.7 Å². The summed E-state index contributed by atoms with van der Waals surface area (Å²) >= 11 is 0. The third kappa shape index (κ3) is 3.43. The molecule has 0 radical (unpaired) electrons. The summed E-state index contributed by atoms with van der Waals surface area (Å²) in [5.41, 5.74) is 7.34. The van der Waals surface area contributed by atoms with Crippen molar-refractivity contribution in [3.05, 3.63) is 57.0 Å². The first-order valence-corrected chi connectivity index (χ1v) is 12.9. The fraction of sp³-hybridized carbons (Fsp3) is 0.520. The second-order valence-electron chi connectivity index (χ2n) is 9.44. The molecule has 0 heterocycles. The molecule has 0 saturated heterocycles. The fourth-order valence-electron chi connectivity index (χ4n) is 5.61. The van der Waals surface area contributed by atoms with Crippen LogP contribution >= 0.6 is 0 Å². The summed E-state index contributed by atoms with van der Waals surface area (Å²) in [5, 5.41) is 2.59. The average molecular weight is 395 g/mol. The van der Waals surface area contributed by atoms with Crippen LogP contribution in [-0.2, 0) is 15.6 Å². The van der Waals surface area contributed by atoms with Crippen molar-refractivity contribution < 1.29 is 8.42 Å². The Labute approximate surface area is 168 Å². The predicted molar refractivity (Wildman–Crippen MR) is 116 cm³/mol. The van der Waals surface area contributed by atoms with Crippen LogP contribution in [0.5, 0.6) is 0 Å². The number of fused-ring (bicyclic) bond motifs is 3. The van der Waals surface area contributed by atoms with Gasteiger partial charge in [0, 0.05) is 18.1 Å². The Hall–Kier alpha value is -1.61. The summed E-state index contributed by atoms with van der Waals surface area (Å²) in [7, 11) is -3.02. The lowest BCUT2D eigenvalue weighted by Gasteiger charge is -2.36. The van der Waals surface area contributed by atoms with Gasteiger partial charge >= 0.3 is 0 Å². The second-order valence-corrected chi connectivity index (χ2v) is 11.6. The molecule has 5 rings (SSSR count). The van der Waals surface area contributed by atoms with Crippen molar-refractivity contribution in [2.24, 2.45) is 17.8 Å². The predicted octanol–water partition coefficient (Wildman–Crippen LogP) is 4.04. The second kappa shape index (κ2) is 6.73. The van der Waals surface area contributed by atoms with Gasteiger partial charge in [-0.15, -0.1) is 0 Å². The van der Waals surface area contributed by atoms with Crippen LogP contribution in [0.25, 0.3) is 11.6 Å². The molecule has 2 unspecified atom stereocenters. The number of hydrogen-bond acceptors (Lipinski definition) is 2. The molecule has 2 saturated carbocycles. The molecule has 148 valence electrons. The van der Waals surface area contributed by atoms with E-state index < -0.39 is 9.84 Å². The van der Waals surface area contributed by atoms with Gasteiger partial charge in [0.15, 0.2) is 9.84 Å². The first-order chi connectivity index (χ1) is 13.4. The maximum absolute atomic E-state index is 11.8. The number of rotatable bonds is 4. The quantitative estimate of drug-likeness (QED) is 0.772. The molecule has 0 bridgehead atoms. The minimum Gasteiger partial charge on any atom is -0.229 e. The minimum absolute atomic E-state index is 0.129. The number of hydrogen-bond donors (Lipinski definition) is 0. The van der Waals surface area contributed by atoms with Gasteiger partial charge in [-0.2, -0.15) is 0 Å². The Kier molecular flexibility index (Phi) is 4.42. The Morgan fingerprint density at radius 2 is 1.82 bits per heavy atom. The smallest absolute Gasteiger partial charge is 0.151 e. The highest BCUT2D eigenvalue weighted by Crippen LogP contribution is 2.48. The third-order valence-corrected chi connectivity index (χ3v) is 7.76. The van der Waals surface area contributed by atoms with Crippen LogP contribution in [0.2, 0.25) is 0 Å². The van der Waals surface area contributed by atoms with Crippen molar-refractivity contribution in [3.8, 4) is 0 Å². The molecule has 1 aromatic carbocycles. The normalized spacial score (nSPS) is 26.8. The highest BCUT2D eigenvalue weighted by Gasteiger charge is 2.35. The van der Waals surface area contributed by atoms with E-state index in [2.05, 4.69) is 31.2 Å². The van der Waals surface area contributed by atoms with Crippen LogP contribution in [0.15, 0.2) is 41.0 Å². The molecule has 2 fully saturated rings. The Bertz CT molecular complexity index is 1110. The minimum atomic E-state index is -3.02. The van der Waals surface area contributed by atoms with Crippen molar-refractivity contribution in [2.75, 3.05) is 6.26 Å². The maximum atomic E-state index is 11.8. The lowest BCUT2D eigenvalue weighted by atomic mass is 9.68. The Balaban J connectivity index is 1.71. The topological polar surface area (TPSA) is 34.1 Å². The molecule has 0 aliphatic heterocycles. The summed E-state index contributed by atoms with van der Waals surface area (Å²) in [5.74, 6) is 1.96. The molecule has 28 heavy (non-hydrogen) atoms. The van der Waals surface area contributed by atoms with E-state index in [1.54, 1.807) is 16.7 Å². The summed E-state index contributed by atoms with van der Waals surface area (Å²) in [6, 6.07) is 6.35. The summed E-state index contributed by atoms with van der Waals surface area (Å²) in [4.78, 5) is 0. The maximum Gasteiger partial charge on any atom is 0.151 e. The first kappa shape index (κ1) is 18.4. The average Bonchev–Trinajstić information content (AvgIpc) is 3.44. The summed E-state index contributed by atoms with van der Waals surface area (Å²) < 4.78 is 23.6. The molecule has 0 spiro atoms. The van der Waals surface area contributed by atoms with E-state index in [1.807, 2.05) is 6.07 Å². The zero-order valence-electron chi connectivity index (χ0n) is 17.0. The van der Waals surface area contributed by atoms with E-state index in [9.17, 15) is 8.42 Å². The summed E-state index contributed by atoms with van der Waals surface area (Å²) in [6.45, 7) is 2.35. The van der Waals surface area contributed by atoms with Gasteiger partial charge in [0.1, 0.15) is 0 Å². The molecule has 2 nitrogen and oxygen atoms in total. The SMILES string of the molecule is CC1C=C2CCCCC2=C2C1=c1ccc(CS(C)(=O)=O)cc1=CC2CC1CC1. The highest BCUT2D eigenvalue weighted by atomic mass is 32.2. The third-order valence-electron chi connectivity index (χ3n) is 6.90. The van der Waals surface area contributed by atoms with E-state index in [0.717, 1.165) is 11.5 Å². The van der Waals surface area contributed by atoms with E-state index >= 15 is 0 Å². The van der Waals surface area contributed by atoms with E-state index in [0.29, 0.717) is 11.8 Å². The molecule has 4 aliphatic carbocycles. The van der Waals surface area contributed by atoms with Gasteiger partial charge in [0.05, 0.1) is 5.75 Å². The van der Waals surface area contributed by atoms with Crippen molar-refractivity contribution in [1.29, 1.82) is 0 Å². The van der Waals surface area contributed by atoms with Crippen molar-refractivity contribution in [3.63, 3.8) is 0 Å². The lowest BCUT2D eigenvalue weighted by Crippen LogP contribution is -2.37. The molecule has 2 atom stereocenters. The van der Waals surface area contributed by atoms with Crippen LogP contribution in [0.3, 0.4) is 0 Å². The van der Waals surface area contributed by atoms with Crippen LogP contribution in [0.4, 0.5) is 0 Å². The van der Waals surface area contributed by atoms with E-state index in [-0.39, 0.29) is 5.75 Å². The fourth-order valence-corrected chi connectivity index (χ4v) is 6.40. The standard InChI is InChI=1S/C25H30O2S/c1-16-11-19-5-3-4-6-22(19)25-21(12-17-7-8-17)14-20-13-18(15-28(2,26)27)9-10-23(20)24(16)25/h9-11,13-14,16-17,21H,3-8,12,15H2,1-2H3. The lowest BCUT2D eigenvalue weighted by molar-refractivity contribution is 0.601. The molecule has 0 aromatic heterocycles.